The van der Waals surface area contributed by atoms with E-state index >= 15 is 0 Å². The lowest BCUT2D eigenvalue weighted by Gasteiger charge is -2.69. The maximum absolute atomic E-state index is 12.4. The second kappa shape index (κ2) is 3.97. The lowest BCUT2D eigenvalue weighted by molar-refractivity contribution is -0.154. The number of carbonyl (C=O) groups excluding carboxylic acids is 1. The third kappa shape index (κ3) is 2.80. The first-order valence-corrected chi connectivity index (χ1v) is 8.45. The summed E-state index contributed by atoms with van der Waals surface area (Å²) >= 11 is 0. The number of hydrogen-bond acceptors (Lipinski definition) is 1. The molecule has 0 atom stereocenters. The lowest BCUT2D eigenvalue weighted by Crippen LogP contribution is -2.69. The Bertz CT molecular complexity index is 423. The minimum Gasteiger partial charge on any atom is -0.334 e. The molecule has 4 fully saturated rings. The van der Waals surface area contributed by atoms with E-state index in [-0.39, 0.29) is 17.1 Å². The van der Waals surface area contributed by atoms with Crippen LogP contribution < -0.4 is 10.6 Å². The number of nitrogens with one attached hydrogen (secondary N) is 2. The monoisotopic (exact) mass is 292 g/mol. The zero-order chi connectivity index (χ0) is 15.7. The van der Waals surface area contributed by atoms with Gasteiger partial charge in [0, 0.05) is 11.1 Å². The average Bonchev–Trinajstić information content (AvgIpc) is 2.01. The van der Waals surface area contributed by atoms with E-state index in [1.807, 2.05) is 20.8 Å². The van der Waals surface area contributed by atoms with Crippen LogP contribution in [0.1, 0.15) is 80.1 Å². The molecule has 3 nitrogen and oxygen atoms in total. The molecule has 2 N–H and O–H groups in total. The van der Waals surface area contributed by atoms with Gasteiger partial charge < -0.3 is 10.6 Å². The third-order valence-corrected chi connectivity index (χ3v) is 5.72. The molecule has 0 saturated heterocycles. The standard InChI is InChI=1S/C18H32N2O/c1-14(2,3)19-13(21)20-18-10-15(4)7-16(5,11-18)9-17(6,8-15)12-18/h7-12H2,1-6H3,(H2,19,20,21). The van der Waals surface area contributed by atoms with Crippen LogP contribution in [-0.4, -0.2) is 17.1 Å². The SMILES string of the molecule is CC12CC3(C)CC(C)(C1)CC(NC(=O)NC(C)(C)C)(C2)C3. The Hall–Kier alpha value is -0.730. The van der Waals surface area contributed by atoms with Gasteiger partial charge in [0.05, 0.1) is 0 Å². The Labute approximate surface area is 129 Å². The molecule has 4 aliphatic carbocycles. The molecule has 4 aliphatic rings. The molecule has 0 unspecified atom stereocenters. The predicted molar refractivity (Wildman–Crippen MR) is 86.2 cm³/mol. The number of amides is 2. The first kappa shape index (κ1) is 15.2. The summed E-state index contributed by atoms with van der Waals surface area (Å²) in [6, 6.07) is 0.0141. The van der Waals surface area contributed by atoms with Crippen LogP contribution in [0.2, 0.25) is 0 Å². The molecule has 120 valence electrons. The van der Waals surface area contributed by atoms with Crippen molar-refractivity contribution in [1.29, 1.82) is 0 Å². The van der Waals surface area contributed by atoms with E-state index in [1.165, 1.54) is 19.3 Å². The minimum atomic E-state index is -0.177. The molecule has 0 spiro atoms. The topological polar surface area (TPSA) is 41.1 Å². The van der Waals surface area contributed by atoms with Gasteiger partial charge in [-0.1, -0.05) is 20.8 Å². The smallest absolute Gasteiger partial charge is 0.315 e. The normalized spacial score (nSPS) is 48.3. The van der Waals surface area contributed by atoms with Crippen LogP contribution in [-0.2, 0) is 0 Å². The highest BCUT2D eigenvalue weighted by Gasteiger charge is 2.64. The molecule has 0 heterocycles. The highest BCUT2D eigenvalue weighted by Crippen LogP contribution is 2.70. The quantitative estimate of drug-likeness (QED) is 0.746. The van der Waals surface area contributed by atoms with Crippen LogP contribution >= 0.6 is 0 Å². The number of carbonyl (C=O) groups is 1. The van der Waals surface area contributed by atoms with Gasteiger partial charge in [-0.05, 0) is 75.5 Å². The van der Waals surface area contributed by atoms with Crippen molar-refractivity contribution in [2.75, 3.05) is 0 Å². The van der Waals surface area contributed by atoms with Gasteiger partial charge in [0.15, 0.2) is 0 Å². The number of urea groups is 1. The van der Waals surface area contributed by atoms with Gasteiger partial charge in [0.2, 0.25) is 0 Å². The highest BCUT2D eigenvalue weighted by molar-refractivity contribution is 5.75. The summed E-state index contributed by atoms with van der Waals surface area (Å²) in [5, 5.41) is 6.49. The molecule has 0 aromatic heterocycles. The first-order chi connectivity index (χ1) is 9.34. The van der Waals surface area contributed by atoms with Gasteiger partial charge in [-0.15, -0.1) is 0 Å². The largest absolute Gasteiger partial charge is 0.334 e. The van der Waals surface area contributed by atoms with Gasteiger partial charge in [-0.2, -0.15) is 0 Å². The molecule has 3 heteroatoms. The predicted octanol–water partition coefficient (Wildman–Crippen LogP) is 4.22. The highest BCUT2D eigenvalue weighted by atomic mass is 16.2. The molecule has 0 radical (unpaired) electrons. The maximum atomic E-state index is 12.4. The summed E-state index contributed by atoms with van der Waals surface area (Å²) in [6.45, 7) is 13.4. The summed E-state index contributed by atoms with van der Waals surface area (Å²) in [7, 11) is 0. The van der Waals surface area contributed by atoms with Gasteiger partial charge in [-0.25, -0.2) is 4.79 Å². The van der Waals surface area contributed by atoms with Crippen LogP contribution in [0, 0.1) is 16.2 Å². The van der Waals surface area contributed by atoms with E-state index in [4.69, 9.17) is 0 Å². The summed E-state index contributed by atoms with van der Waals surface area (Å²) in [4.78, 5) is 12.4. The van der Waals surface area contributed by atoms with Crippen molar-refractivity contribution in [2.45, 2.75) is 91.1 Å². The fourth-order valence-corrected chi connectivity index (χ4v) is 7.04. The number of hydrogen-bond donors (Lipinski definition) is 2. The molecular weight excluding hydrogens is 260 g/mol. The van der Waals surface area contributed by atoms with Gasteiger partial charge >= 0.3 is 6.03 Å². The van der Waals surface area contributed by atoms with Crippen LogP contribution in [0.4, 0.5) is 4.79 Å². The van der Waals surface area contributed by atoms with Crippen molar-refractivity contribution in [3.8, 4) is 0 Å². The molecule has 4 rings (SSSR count). The molecule has 21 heavy (non-hydrogen) atoms. The second-order valence-electron chi connectivity index (χ2n) is 10.6. The van der Waals surface area contributed by atoms with Crippen molar-refractivity contribution < 1.29 is 4.79 Å². The second-order valence-corrected chi connectivity index (χ2v) is 10.6. The van der Waals surface area contributed by atoms with Crippen molar-refractivity contribution in [1.82, 2.24) is 10.6 Å². The van der Waals surface area contributed by atoms with Crippen LogP contribution in [0.3, 0.4) is 0 Å². The van der Waals surface area contributed by atoms with Gasteiger partial charge in [0.25, 0.3) is 0 Å². The van der Waals surface area contributed by atoms with E-state index in [1.54, 1.807) is 0 Å². The van der Waals surface area contributed by atoms with Gasteiger partial charge in [0.1, 0.15) is 0 Å². The Morgan fingerprint density at radius 1 is 0.810 bits per heavy atom. The summed E-state index contributed by atoms with van der Waals surface area (Å²) in [6.07, 6.45) is 7.47. The van der Waals surface area contributed by atoms with E-state index in [0.29, 0.717) is 16.2 Å². The fraction of sp³-hybridized carbons (Fsp3) is 0.944. The van der Waals surface area contributed by atoms with Crippen molar-refractivity contribution in [2.24, 2.45) is 16.2 Å². The van der Waals surface area contributed by atoms with Crippen molar-refractivity contribution in [3.05, 3.63) is 0 Å². The van der Waals surface area contributed by atoms with Crippen molar-refractivity contribution in [3.63, 3.8) is 0 Å². The average molecular weight is 292 g/mol. The zero-order valence-corrected chi connectivity index (χ0v) is 14.7. The maximum Gasteiger partial charge on any atom is 0.315 e. The molecule has 0 aliphatic heterocycles. The number of rotatable bonds is 1. The lowest BCUT2D eigenvalue weighted by atomic mass is 9.38. The summed E-state index contributed by atoms with van der Waals surface area (Å²) < 4.78 is 0. The van der Waals surface area contributed by atoms with Crippen LogP contribution in [0.15, 0.2) is 0 Å². The molecule has 4 bridgehead atoms. The molecule has 2 amide bonds. The van der Waals surface area contributed by atoms with Crippen LogP contribution in [0.5, 0.6) is 0 Å². The molecule has 0 aromatic rings. The van der Waals surface area contributed by atoms with Crippen LogP contribution in [0.25, 0.3) is 0 Å². The molecular formula is C18H32N2O. The Morgan fingerprint density at radius 3 is 1.52 bits per heavy atom. The third-order valence-electron chi connectivity index (χ3n) is 5.72. The van der Waals surface area contributed by atoms with E-state index in [9.17, 15) is 4.79 Å². The van der Waals surface area contributed by atoms with E-state index < -0.39 is 0 Å². The van der Waals surface area contributed by atoms with E-state index in [2.05, 4.69) is 31.4 Å². The molecule has 0 aromatic carbocycles. The van der Waals surface area contributed by atoms with Gasteiger partial charge in [-0.3, -0.25) is 0 Å². The van der Waals surface area contributed by atoms with Crippen molar-refractivity contribution >= 4 is 6.03 Å². The summed E-state index contributed by atoms with van der Waals surface area (Å²) in [5.41, 5.74) is 1.07. The fourth-order valence-electron chi connectivity index (χ4n) is 7.04. The Kier molecular flexibility index (Phi) is 2.87. The molecule has 4 saturated carbocycles. The van der Waals surface area contributed by atoms with E-state index in [0.717, 1.165) is 19.3 Å². The Balaban J connectivity index is 1.83. The minimum absolute atomic E-state index is 0.0141. The first-order valence-electron chi connectivity index (χ1n) is 8.45. The Morgan fingerprint density at radius 2 is 1.19 bits per heavy atom. The zero-order valence-electron chi connectivity index (χ0n) is 14.7. The summed E-state index contributed by atoms with van der Waals surface area (Å²) in [5.74, 6) is 0.